The average molecular weight is 635 g/mol. The van der Waals surface area contributed by atoms with E-state index in [0.717, 1.165) is 28.0 Å². The van der Waals surface area contributed by atoms with E-state index in [2.05, 4.69) is 24.3 Å². The summed E-state index contributed by atoms with van der Waals surface area (Å²) in [5.74, 6) is -0.563. The molecule has 4 atom stereocenters. The Morgan fingerprint density at radius 1 is 0.681 bits per heavy atom. The fraction of sp³-hybridized carbons (Fsp3) is 0.333. The second kappa shape index (κ2) is 14.0. The Labute approximate surface area is 276 Å². The smallest absolute Gasteiger partial charge is 0.337 e. The molecule has 2 amide bonds. The highest BCUT2D eigenvalue weighted by Crippen LogP contribution is 2.40. The standard InChI is InChI=1S/C39H42N2O6/c1-39(2)46-35-33(23-27-13-7-5-8-14-27)40(25-29-17-11-19-31(21-29)37(42)45-4)38(43)41(26-30-18-12-20-32(22-30)44-3)34(36(35)47-39)24-28-15-9-6-10-16-28/h5-22,33-36H,23-26H2,1-4H3/t33-,34-,35+,36+/m1/s1. The van der Waals surface area contributed by atoms with Gasteiger partial charge < -0.3 is 28.7 Å². The lowest BCUT2D eigenvalue weighted by Gasteiger charge is -2.37. The predicted molar refractivity (Wildman–Crippen MR) is 179 cm³/mol. The van der Waals surface area contributed by atoms with Crippen LogP contribution in [-0.2, 0) is 40.1 Å². The predicted octanol–water partition coefficient (Wildman–Crippen LogP) is 6.66. The van der Waals surface area contributed by atoms with Crippen molar-refractivity contribution in [2.45, 2.75) is 69.9 Å². The van der Waals surface area contributed by atoms with Gasteiger partial charge in [0.15, 0.2) is 5.79 Å². The van der Waals surface area contributed by atoms with Gasteiger partial charge in [-0.1, -0.05) is 84.9 Å². The molecular formula is C39H42N2O6. The third-order valence-corrected chi connectivity index (χ3v) is 8.98. The molecule has 8 nitrogen and oxygen atoms in total. The van der Waals surface area contributed by atoms with Gasteiger partial charge in [-0.2, -0.15) is 0 Å². The second-order valence-electron chi connectivity index (χ2n) is 12.7. The number of urea groups is 1. The van der Waals surface area contributed by atoms with Crippen LogP contribution in [0.5, 0.6) is 5.75 Å². The lowest BCUT2D eigenvalue weighted by Crippen LogP contribution is -2.51. The summed E-state index contributed by atoms with van der Waals surface area (Å²) in [6, 6.07) is 34.7. The summed E-state index contributed by atoms with van der Waals surface area (Å²) in [6.07, 6.45) is 0.303. The highest BCUT2D eigenvalue weighted by Gasteiger charge is 2.55. The molecule has 4 aromatic carbocycles. The van der Waals surface area contributed by atoms with Crippen LogP contribution in [0.2, 0.25) is 0 Å². The van der Waals surface area contributed by atoms with Gasteiger partial charge in [0.2, 0.25) is 0 Å². The number of hydrogen-bond donors (Lipinski definition) is 0. The monoisotopic (exact) mass is 634 g/mol. The zero-order valence-corrected chi connectivity index (χ0v) is 27.4. The molecule has 0 spiro atoms. The van der Waals surface area contributed by atoms with Gasteiger partial charge in [-0.25, -0.2) is 9.59 Å². The summed E-state index contributed by atoms with van der Waals surface area (Å²) in [5.41, 5.74) is 4.39. The molecule has 2 saturated heterocycles. The molecule has 0 saturated carbocycles. The van der Waals surface area contributed by atoms with Crippen LogP contribution in [0.1, 0.15) is 46.5 Å². The quantitative estimate of drug-likeness (QED) is 0.182. The summed E-state index contributed by atoms with van der Waals surface area (Å²) in [7, 11) is 3.01. The first-order chi connectivity index (χ1) is 22.7. The zero-order chi connectivity index (χ0) is 33.0. The molecule has 2 heterocycles. The molecule has 2 fully saturated rings. The van der Waals surface area contributed by atoms with Gasteiger partial charge in [0.05, 0.1) is 31.9 Å². The Balaban J connectivity index is 1.49. The van der Waals surface area contributed by atoms with Crippen molar-refractivity contribution in [3.8, 4) is 5.75 Å². The minimum Gasteiger partial charge on any atom is -0.497 e. The highest BCUT2D eigenvalue weighted by atomic mass is 16.8. The van der Waals surface area contributed by atoms with Gasteiger partial charge >= 0.3 is 12.0 Å². The van der Waals surface area contributed by atoms with Crippen LogP contribution in [0.3, 0.4) is 0 Å². The number of benzene rings is 4. The number of hydrogen-bond acceptors (Lipinski definition) is 6. The average Bonchev–Trinajstić information content (AvgIpc) is 3.39. The molecule has 2 aliphatic rings. The molecule has 0 aromatic heterocycles. The van der Waals surface area contributed by atoms with Gasteiger partial charge in [-0.05, 0) is 73.2 Å². The molecule has 0 radical (unpaired) electrons. The maximum Gasteiger partial charge on any atom is 0.337 e. The van der Waals surface area contributed by atoms with E-state index >= 15 is 4.79 Å². The van der Waals surface area contributed by atoms with Crippen molar-refractivity contribution in [1.82, 2.24) is 9.80 Å². The number of carbonyl (C=O) groups excluding carboxylic acids is 2. The molecule has 244 valence electrons. The van der Waals surface area contributed by atoms with E-state index in [1.807, 2.05) is 96.4 Å². The van der Waals surface area contributed by atoms with Gasteiger partial charge in [-0.15, -0.1) is 0 Å². The van der Waals surface area contributed by atoms with Crippen molar-refractivity contribution in [2.24, 2.45) is 0 Å². The van der Waals surface area contributed by atoms with Crippen LogP contribution < -0.4 is 4.74 Å². The van der Waals surface area contributed by atoms with E-state index in [0.29, 0.717) is 24.9 Å². The fourth-order valence-corrected chi connectivity index (χ4v) is 6.83. The van der Waals surface area contributed by atoms with Crippen LogP contribution in [-0.4, -0.2) is 66.1 Å². The fourth-order valence-electron chi connectivity index (χ4n) is 6.83. The van der Waals surface area contributed by atoms with Crippen LogP contribution in [0.4, 0.5) is 4.79 Å². The van der Waals surface area contributed by atoms with Crippen LogP contribution in [0.25, 0.3) is 0 Å². The van der Waals surface area contributed by atoms with Crippen molar-refractivity contribution in [1.29, 1.82) is 0 Å². The van der Waals surface area contributed by atoms with Gasteiger partial charge in [0.25, 0.3) is 0 Å². The van der Waals surface area contributed by atoms with Crippen LogP contribution in [0, 0.1) is 0 Å². The molecule has 0 unspecified atom stereocenters. The summed E-state index contributed by atoms with van der Waals surface area (Å²) < 4.78 is 24.1. The molecule has 4 aromatic rings. The first-order valence-corrected chi connectivity index (χ1v) is 16.1. The number of ether oxygens (including phenoxy) is 4. The third-order valence-electron chi connectivity index (χ3n) is 8.98. The summed E-state index contributed by atoms with van der Waals surface area (Å²) in [6.45, 7) is 4.50. The summed E-state index contributed by atoms with van der Waals surface area (Å²) >= 11 is 0. The molecule has 6 rings (SSSR count). The largest absolute Gasteiger partial charge is 0.497 e. The lowest BCUT2D eigenvalue weighted by molar-refractivity contribution is -0.157. The molecule has 0 bridgehead atoms. The van der Waals surface area contributed by atoms with E-state index < -0.39 is 24.0 Å². The number of nitrogens with zero attached hydrogens (tertiary/aromatic N) is 2. The molecule has 2 aliphatic heterocycles. The van der Waals surface area contributed by atoms with Crippen molar-refractivity contribution in [3.05, 3.63) is 137 Å². The highest BCUT2D eigenvalue weighted by molar-refractivity contribution is 5.89. The Hall–Kier alpha value is -4.66. The number of fused-ring (bicyclic) bond motifs is 1. The maximum atomic E-state index is 15.2. The Morgan fingerprint density at radius 3 is 1.68 bits per heavy atom. The van der Waals surface area contributed by atoms with Gasteiger partial charge in [0, 0.05) is 13.1 Å². The van der Waals surface area contributed by atoms with Crippen molar-refractivity contribution >= 4 is 12.0 Å². The first-order valence-electron chi connectivity index (χ1n) is 16.1. The second-order valence-corrected chi connectivity index (χ2v) is 12.7. The molecular weight excluding hydrogens is 592 g/mol. The lowest BCUT2D eigenvalue weighted by atomic mass is 9.91. The van der Waals surface area contributed by atoms with E-state index in [9.17, 15) is 4.79 Å². The minimum atomic E-state index is -0.863. The number of methoxy groups -OCH3 is 2. The summed E-state index contributed by atoms with van der Waals surface area (Å²) in [4.78, 5) is 31.5. The van der Waals surface area contributed by atoms with E-state index in [1.165, 1.54) is 7.11 Å². The normalized spacial score (nSPS) is 22.0. The first kappa shape index (κ1) is 32.3. The molecule has 8 heteroatoms. The Bertz CT molecular complexity index is 1680. The number of carbonyl (C=O) groups is 2. The Morgan fingerprint density at radius 2 is 1.17 bits per heavy atom. The zero-order valence-electron chi connectivity index (χ0n) is 27.4. The van der Waals surface area contributed by atoms with Crippen LogP contribution in [0.15, 0.2) is 109 Å². The molecule has 47 heavy (non-hydrogen) atoms. The Kier molecular flexibility index (Phi) is 9.61. The van der Waals surface area contributed by atoms with Gasteiger partial charge in [-0.3, -0.25) is 0 Å². The van der Waals surface area contributed by atoms with Crippen molar-refractivity contribution in [3.63, 3.8) is 0 Å². The SMILES string of the molecule is COC(=O)c1cccc(CN2C(=O)N(Cc3cccc(OC)c3)[C@H](Cc3ccccc3)[C@@H]3OC(C)(C)O[C@H]3[C@H]2Cc2ccccc2)c1. The molecule has 0 aliphatic carbocycles. The van der Waals surface area contributed by atoms with E-state index in [1.54, 1.807) is 19.2 Å². The third kappa shape index (κ3) is 7.34. The molecule has 0 N–H and O–H groups in total. The number of esters is 1. The topological polar surface area (TPSA) is 77.5 Å². The maximum absolute atomic E-state index is 15.2. The minimum absolute atomic E-state index is 0.127. The number of rotatable bonds is 10. The van der Waals surface area contributed by atoms with Crippen molar-refractivity contribution < 1.29 is 28.5 Å². The van der Waals surface area contributed by atoms with Gasteiger partial charge in [0.1, 0.15) is 18.0 Å². The number of amides is 2. The van der Waals surface area contributed by atoms with Crippen LogP contribution >= 0.6 is 0 Å². The van der Waals surface area contributed by atoms with E-state index in [-0.39, 0.29) is 24.7 Å². The van der Waals surface area contributed by atoms with Crippen molar-refractivity contribution in [2.75, 3.05) is 14.2 Å². The summed E-state index contributed by atoms with van der Waals surface area (Å²) in [5, 5.41) is 0. The van der Waals surface area contributed by atoms with E-state index in [4.69, 9.17) is 18.9 Å².